The van der Waals surface area contributed by atoms with Crippen molar-refractivity contribution < 1.29 is 0 Å². The first-order valence-corrected chi connectivity index (χ1v) is 22.0. The van der Waals surface area contributed by atoms with Crippen LogP contribution in [0.4, 0.5) is 0 Å². The Balaban J connectivity index is 1.79. The Morgan fingerprint density at radius 2 is 0.718 bits per heavy atom. The quantitative estimate of drug-likeness (QED) is 0.154. The van der Waals surface area contributed by atoms with Crippen molar-refractivity contribution >= 4 is 99.5 Å². The molecule has 39 heavy (non-hydrogen) atoms. The lowest BCUT2D eigenvalue weighted by Gasteiger charge is -2.42. The monoisotopic (exact) mass is 608 g/mol. The predicted molar refractivity (Wildman–Crippen MR) is 191 cm³/mol. The molecule has 0 saturated carbocycles. The number of rotatable bonds is 8. The van der Waals surface area contributed by atoms with Gasteiger partial charge in [-0.2, -0.15) is 0 Å². The third-order valence-corrected chi connectivity index (χ3v) is 30.0. The first-order chi connectivity index (χ1) is 18.3. The van der Waals surface area contributed by atoms with Gasteiger partial charge in [-0.1, -0.05) is 107 Å². The van der Waals surface area contributed by atoms with E-state index in [0.29, 0.717) is 0 Å². The lowest BCUT2D eigenvalue weighted by atomic mass is 10.1. The van der Waals surface area contributed by atoms with Crippen molar-refractivity contribution in [3.63, 3.8) is 0 Å². The molecular formula is C34H48S3Si2. The first kappa shape index (κ1) is 29.5. The third-order valence-electron chi connectivity index (χ3n) is 10.4. The molecule has 0 aliphatic carbocycles. The van der Waals surface area contributed by atoms with Gasteiger partial charge in [0, 0.05) is 10.8 Å². The largest absolute Gasteiger partial charge is 0.143 e. The second-order valence-electron chi connectivity index (χ2n) is 13.8. The van der Waals surface area contributed by atoms with Crippen molar-refractivity contribution in [2.45, 2.75) is 116 Å². The Kier molecular flexibility index (Phi) is 7.85. The topological polar surface area (TPSA) is 0 Å². The van der Waals surface area contributed by atoms with E-state index in [2.05, 4.69) is 153 Å². The van der Waals surface area contributed by atoms with Crippen molar-refractivity contribution in [3.05, 3.63) is 36.4 Å². The zero-order valence-electron chi connectivity index (χ0n) is 26.2. The molecule has 0 atom stereocenters. The molecular weight excluding hydrogens is 561 g/mol. The molecule has 3 heterocycles. The van der Waals surface area contributed by atoms with Gasteiger partial charge in [-0.15, -0.1) is 34.0 Å². The summed E-state index contributed by atoms with van der Waals surface area (Å²) < 4.78 is 9.52. The molecule has 5 aromatic rings. The molecule has 0 amide bonds. The molecule has 0 N–H and O–H groups in total. The molecule has 0 spiro atoms. The van der Waals surface area contributed by atoms with Crippen LogP contribution in [0.15, 0.2) is 36.4 Å². The Hall–Kier alpha value is -0.986. The van der Waals surface area contributed by atoms with Crippen LogP contribution in [0.2, 0.25) is 33.2 Å². The smallest absolute Gasteiger partial charge is 0.107 e. The fraction of sp³-hybridized carbons (Fsp3) is 0.529. The highest BCUT2D eigenvalue weighted by atomic mass is 32.1. The summed E-state index contributed by atoms with van der Waals surface area (Å²) in [7, 11) is -3.35. The lowest BCUT2D eigenvalue weighted by Crippen LogP contribution is -2.54. The highest BCUT2D eigenvalue weighted by Crippen LogP contribution is 2.49. The number of hydrogen-bond donors (Lipinski definition) is 0. The minimum atomic E-state index is -1.68. The Labute approximate surface area is 250 Å². The molecule has 0 unspecified atom stereocenters. The van der Waals surface area contributed by atoms with Gasteiger partial charge in [0.15, 0.2) is 0 Å². The molecule has 0 radical (unpaired) electrons. The summed E-state index contributed by atoms with van der Waals surface area (Å²) in [6.07, 6.45) is 0. The lowest BCUT2D eigenvalue weighted by molar-refractivity contribution is 0.837. The highest BCUT2D eigenvalue weighted by Gasteiger charge is 2.46. The summed E-state index contributed by atoms with van der Waals surface area (Å²) in [5, 5.41) is 5.83. The fourth-order valence-electron chi connectivity index (χ4n) is 9.02. The zero-order valence-corrected chi connectivity index (χ0v) is 30.6. The summed E-state index contributed by atoms with van der Waals surface area (Å²) in [5.74, 6) is 0. The van der Waals surface area contributed by atoms with E-state index in [1.807, 2.05) is 0 Å². The minimum Gasteiger partial charge on any atom is -0.143 e. The van der Waals surface area contributed by atoms with Crippen LogP contribution in [0.25, 0.3) is 40.3 Å². The van der Waals surface area contributed by atoms with E-state index in [-0.39, 0.29) is 0 Å². The number of thiophene rings is 3. The van der Waals surface area contributed by atoms with Gasteiger partial charge in [0.1, 0.15) is 16.1 Å². The third kappa shape index (κ3) is 4.11. The average Bonchev–Trinajstić information content (AvgIpc) is 3.52. The van der Waals surface area contributed by atoms with Crippen molar-refractivity contribution in [1.29, 1.82) is 0 Å². The van der Waals surface area contributed by atoms with E-state index in [1.165, 1.54) is 40.3 Å². The van der Waals surface area contributed by atoms with Gasteiger partial charge in [0.25, 0.3) is 0 Å². The first-order valence-electron chi connectivity index (χ1n) is 15.1. The van der Waals surface area contributed by atoms with Crippen molar-refractivity contribution in [2.24, 2.45) is 0 Å². The molecule has 3 aromatic heterocycles. The van der Waals surface area contributed by atoms with Gasteiger partial charge >= 0.3 is 0 Å². The molecule has 0 nitrogen and oxygen atoms in total. The normalized spacial score (nSPS) is 14.0. The standard InChI is InChI=1S/C34H48S3Si2/c1-19(2)38(20(3)4,21(5)6)29-17-25-13-15-27-28-16-14-26-18-30(39(22(7)8,23(9)10)24(11)12)36-32(26)34(28)37-33(27)31(25)35-29/h13-24H,1-12H3. The Bertz CT molecular complexity index is 1480. The molecule has 0 bridgehead atoms. The summed E-state index contributed by atoms with van der Waals surface area (Å²) in [4.78, 5) is 0. The van der Waals surface area contributed by atoms with E-state index in [9.17, 15) is 0 Å². The van der Waals surface area contributed by atoms with E-state index in [1.54, 1.807) is 9.00 Å². The van der Waals surface area contributed by atoms with Crippen LogP contribution < -0.4 is 9.00 Å². The molecule has 5 heteroatoms. The predicted octanol–water partition coefficient (Wildman–Crippen LogP) is 12.3. The summed E-state index contributed by atoms with van der Waals surface area (Å²) in [6, 6.07) is 14.9. The number of hydrogen-bond acceptors (Lipinski definition) is 3. The van der Waals surface area contributed by atoms with Gasteiger partial charge in [0.2, 0.25) is 0 Å². The summed E-state index contributed by atoms with van der Waals surface area (Å²) in [5.41, 5.74) is 4.42. The summed E-state index contributed by atoms with van der Waals surface area (Å²) >= 11 is 6.36. The van der Waals surface area contributed by atoms with E-state index >= 15 is 0 Å². The van der Waals surface area contributed by atoms with Gasteiger partial charge in [-0.05, 0) is 65.2 Å². The van der Waals surface area contributed by atoms with Crippen molar-refractivity contribution in [2.75, 3.05) is 0 Å². The van der Waals surface area contributed by atoms with E-state index in [4.69, 9.17) is 0 Å². The maximum absolute atomic E-state index is 2.60. The average molecular weight is 609 g/mol. The SMILES string of the molecule is CC(C)[Si](c1cc2ccc3c4ccc5cc([Si](C(C)C)(C(C)C)C(C)C)sc5c4sc3c2s1)(C(C)C)C(C)C. The fourth-order valence-corrected chi connectivity index (χ4v) is 30.9. The van der Waals surface area contributed by atoms with Crippen LogP contribution >= 0.6 is 34.0 Å². The molecule has 0 fully saturated rings. The molecule has 2 aromatic carbocycles. The van der Waals surface area contributed by atoms with Crippen LogP contribution in [0.1, 0.15) is 83.1 Å². The van der Waals surface area contributed by atoms with Crippen LogP contribution in [0.3, 0.4) is 0 Å². The van der Waals surface area contributed by atoms with E-state index in [0.717, 1.165) is 33.2 Å². The molecule has 210 valence electrons. The molecule has 0 aliphatic rings. The van der Waals surface area contributed by atoms with Crippen molar-refractivity contribution in [1.82, 2.24) is 0 Å². The Morgan fingerprint density at radius 1 is 0.410 bits per heavy atom. The minimum absolute atomic E-state index is 0.736. The second kappa shape index (κ2) is 10.4. The highest BCUT2D eigenvalue weighted by molar-refractivity contribution is 7.39. The van der Waals surface area contributed by atoms with Crippen LogP contribution in [0.5, 0.6) is 0 Å². The molecule has 0 aliphatic heterocycles. The van der Waals surface area contributed by atoms with Crippen LogP contribution in [-0.2, 0) is 0 Å². The second-order valence-corrected chi connectivity index (χ2v) is 29.4. The molecule has 5 rings (SSSR count). The molecule has 0 saturated heterocycles. The van der Waals surface area contributed by atoms with Gasteiger partial charge < -0.3 is 0 Å². The maximum atomic E-state index is 2.60. The summed E-state index contributed by atoms with van der Waals surface area (Å²) in [6.45, 7) is 29.9. The van der Waals surface area contributed by atoms with Crippen molar-refractivity contribution in [3.8, 4) is 0 Å². The number of benzene rings is 2. The van der Waals surface area contributed by atoms with Gasteiger partial charge in [0.05, 0.1) is 18.8 Å². The van der Waals surface area contributed by atoms with E-state index < -0.39 is 16.1 Å². The van der Waals surface area contributed by atoms with Crippen LogP contribution in [-0.4, -0.2) is 16.1 Å². The zero-order chi connectivity index (χ0) is 28.6. The van der Waals surface area contributed by atoms with Gasteiger partial charge in [-0.3, -0.25) is 0 Å². The Morgan fingerprint density at radius 3 is 1.00 bits per heavy atom. The maximum Gasteiger partial charge on any atom is 0.107 e. The van der Waals surface area contributed by atoms with Crippen LogP contribution in [0, 0.1) is 0 Å². The van der Waals surface area contributed by atoms with Gasteiger partial charge in [-0.25, -0.2) is 0 Å². The number of fused-ring (bicyclic) bond motifs is 7.